The molecule has 12 nitrogen and oxygen atoms in total. The number of hydrogen-bond acceptors (Lipinski definition) is 7. The number of hydrogen-bond donors (Lipinski definition) is 0. The van der Waals surface area contributed by atoms with Gasteiger partial charge in [-0.25, -0.2) is 0 Å². The first kappa shape index (κ1) is 63.8. The molecule has 0 atom stereocenters. The van der Waals surface area contributed by atoms with E-state index < -0.39 is 0 Å². The third-order valence-corrected chi connectivity index (χ3v) is 26.1. The average molecular weight is 1510 g/mol. The van der Waals surface area contributed by atoms with Crippen molar-refractivity contribution in [2.45, 2.75) is 23.7 Å². The van der Waals surface area contributed by atoms with Gasteiger partial charge in [0.25, 0.3) is 0 Å². The van der Waals surface area contributed by atoms with Gasteiger partial charge in [-0.05, 0) is 152 Å². The predicted molar refractivity (Wildman–Crippen MR) is 474 cm³/mol. The Balaban J connectivity index is 0.000000126. The third-order valence-electron chi connectivity index (χ3n) is 26.1. The number of furan rings is 1. The summed E-state index contributed by atoms with van der Waals surface area (Å²) >= 11 is 0. The lowest BCUT2D eigenvalue weighted by atomic mass is 9.60. The van der Waals surface area contributed by atoms with Crippen LogP contribution in [-0.2, 0) is 0 Å². The molecule has 24 aromatic rings. The molecule has 12 heteroatoms. The Morgan fingerprint density at radius 2 is 0.441 bits per heavy atom. The molecule has 6 aliphatic rings. The van der Waals surface area contributed by atoms with E-state index in [9.17, 15) is 0 Å². The van der Waals surface area contributed by atoms with Gasteiger partial charge in [-0.15, -0.1) is 0 Å². The highest BCUT2D eigenvalue weighted by Gasteiger charge is 2.45. The van der Waals surface area contributed by atoms with E-state index in [2.05, 4.69) is 363 Å². The lowest BCUT2D eigenvalue weighted by Crippen LogP contribution is -2.27. The molecule has 0 unspecified atom stereocenters. The minimum Gasteiger partial charge on any atom is -0.456 e. The Kier molecular flexibility index (Phi) is 13.0. The Hall–Kier alpha value is -15.7. The predicted octanol–water partition coefficient (Wildman–Crippen LogP) is 24.8. The Morgan fingerprint density at radius 1 is 0.186 bits per heavy atom. The standard InChI is InChI=1S/C53H32N6.C53H31N5O/c1-3-21-37-35(19-1)47-36-20-2-4-22-38(36)48(37)50-40(47)29-30-46-49(50)39-23-9-14-28-45(39)59(46)53-55-51(57-41-24-10-5-15-31(41)32-16-6-11-25-42(32)57)54-52(56-53)58-43-26-12-7-17-33(43)34-18-8-13-27-44(34)58;1-3-18-36-34(16-1)47-35-17-2-4-19-37(35)48(36)50-39(47)26-27-44-49(50)38-20-7-11-23-43(38)58(44)53-55-51(30-25-28-46-40(29-30)33-15-8-12-24-45(33)59-46)54-52(56-53)57-41-21-9-5-13-31(41)32-14-6-10-22-42(32)57/h1-30,47-48H;1-29,47-48H. The van der Waals surface area contributed by atoms with Crippen LogP contribution in [0, 0.1) is 0 Å². The van der Waals surface area contributed by atoms with Crippen LogP contribution < -0.4 is 0 Å². The average Bonchev–Trinajstić information content (AvgIpc) is 1.25. The first-order valence-corrected chi connectivity index (χ1v) is 40.5. The van der Waals surface area contributed by atoms with Crippen molar-refractivity contribution < 1.29 is 4.42 Å². The minimum absolute atomic E-state index is 0.115. The largest absolute Gasteiger partial charge is 0.456 e. The summed E-state index contributed by atoms with van der Waals surface area (Å²) in [7, 11) is 0. The molecule has 0 saturated heterocycles. The maximum Gasteiger partial charge on any atom is 0.241 e. The molecular weight excluding hydrogens is 1440 g/mol. The summed E-state index contributed by atoms with van der Waals surface area (Å²) in [5.74, 6) is 4.00. The molecular formula is C106H63N11O. The highest BCUT2D eigenvalue weighted by molar-refractivity contribution is 6.16. The van der Waals surface area contributed by atoms with Gasteiger partial charge in [0.05, 0.1) is 55.2 Å². The summed E-state index contributed by atoms with van der Waals surface area (Å²) < 4.78 is 17.4. The number of benzene rings is 16. The third kappa shape index (κ3) is 8.65. The molecule has 0 saturated carbocycles. The van der Waals surface area contributed by atoms with Gasteiger partial charge < -0.3 is 4.42 Å². The summed E-state index contributed by atoms with van der Waals surface area (Å²) in [5.41, 5.74) is 29.9. The normalized spacial score (nSPS) is 15.5. The molecule has 16 aromatic carbocycles. The fourth-order valence-corrected chi connectivity index (χ4v) is 21.5. The Labute approximate surface area is 673 Å². The molecule has 8 heterocycles. The summed E-state index contributed by atoms with van der Waals surface area (Å²) in [4.78, 5) is 32.7. The molecule has 0 radical (unpaired) electrons. The zero-order chi connectivity index (χ0) is 76.7. The van der Waals surface area contributed by atoms with E-state index in [1.807, 2.05) is 18.2 Å². The summed E-state index contributed by atoms with van der Waals surface area (Å²) in [6.07, 6.45) is 0. The van der Waals surface area contributed by atoms with Crippen LogP contribution in [-0.4, -0.2) is 52.7 Å². The second-order valence-electron chi connectivity index (χ2n) is 31.8. The zero-order valence-corrected chi connectivity index (χ0v) is 63.2. The van der Waals surface area contributed by atoms with E-state index >= 15 is 0 Å². The Bertz CT molecular complexity index is 8150. The topological polar surface area (TPSA) is 115 Å². The second kappa shape index (κ2) is 24.0. The van der Waals surface area contributed by atoms with Crippen molar-refractivity contribution in [3.63, 3.8) is 0 Å². The Morgan fingerprint density at radius 3 is 0.780 bits per heavy atom. The number of para-hydroxylation sites is 9. The van der Waals surface area contributed by atoms with Crippen LogP contribution in [0.5, 0.6) is 0 Å². The van der Waals surface area contributed by atoms with Gasteiger partial charge in [0.1, 0.15) is 11.2 Å². The van der Waals surface area contributed by atoms with E-state index in [0.29, 0.717) is 35.6 Å². The number of aromatic nitrogens is 11. The lowest BCUT2D eigenvalue weighted by Gasteiger charge is -2.42. The van der Waals surface area contributed by atoms with Crippen molar-refractivity contribution in [3.8, 4) is 41.1 Å². The molecule has 0 aliphatic heterocycles. The van der Waals surface area contributed by atoms with E-state index in [4.69, 9.17) is 34.3 Å². The smallest absolute Gasteiger partial charge is 0.241 e. The maximum atomic E-state index is 6.25. The molecule has 8 aromatic heterocycles. The second-order valence-corrected chi connectivity index (χ2v) is 31.8. The van der Waals surface area contributed by atoms with Gasteiger partial charge in [-0.1, -0.05) is 273 Å². The molecule has 0 spiro atoms. The SMILES string of the molecule is c1ccc2c(c1)C1c3ccccc3C2c2c1ccc1c2c2ccccc2n1-c1nc(-c2ccc3oc4ccccc4c3c2)nc(-n2c3ccccc3c3ccccc32)n1.c1ccc2c(c1)C1c3ccccc3C2c2c1ccc1c2c2ccccc2n1-c1nc(-n2c3ccccc3c3ccccc32)nc(-n2c3ccccc3c3ccccc32)n1. The van der Waals surface area contributed by atoms with E-state index in [-0.39, 0.29) is 23.7 Å². The molecule has 0 N–H and O–H groups in total. The number of nitrogens with zero attached hydrogens (tertiary/aromatic N) is 11. The van der Waals surface area contributed by atoms with Crippen LogP contribution in [0.15, 0.2) is 362 Å². The highest BCUT2D eigenvalue weighted by atomic mass is 16.3. The fourth-order valence-electron chi connectivity index (χ4n) is 21.5. The lowest BCUT2D eigenvalue weighted by molar-refractivity contribution is 0.669. The van der Waals surface area contributed by atoms with Gasteiger partial charge >= 0.3 is 0 Å². The monoisotopic (exact) mass is 1510 g/mol. The molecule has 4 bridgehead atoms. The van der Waals surface area contributed by atoms with Crippen molar-refractivity contribution >= 4 is 131 Å². The molecule has 548 valence electrons. The van der Waals surface area contributed by atoms with Gasteiger partial charge in [0, 0.05) is 93.9 Å². The fraction of sp³-hybridized carbons (Fsp3) is 0.0377. The zero-order valence-electron chi connectivity index (χ0n) is 63.2. The molecule has 6 aliphatic carbocycles. The molecule has 0 fully saturated rings. The first-order chi connectivity index (χ1) is 58.6. The van der Waals surface area contributed by atoms with Crippen LogP contribution in [0.25, 0.3) is 172 Å². The van der Waals surface area contributed by atoms with Crippen molar-refractivity contribution in [1.82, 2.24) is 52.7 Å². The van der Waals surface area contributed by atoms with Gasteiger partial charge in [0.2, 0.25) is 29.7 Å². The summed E-state index contributed by atoms with van der Waals surface area (Å²) in [6.45, 7) is 0. The van der Waals surface area contributed by atoms with Gasteiger partial charge in [-0.3, -0.25) is 22.8 Å². The van der Waals surface area contributed by atoms with Gasteiger partial charge in [-0.2, -0.15) is 29.9 Å². The van der Waals surface area contributed by atoms with Crippen LogP contribution in [0.3, 0.4) is 0 Å². The number of fused-ring (bicyclic) bond motifs is 18. The quantitative estimate of drug-likeness (QED) is 0.163. The summed E-state index contributed by atoms with van der Waals surface area (Å²) in [5, 5.41) is 13.9. The maximum absolute atomic E-state index is 6.25. The van der Waals surface area contributed by atoms with Crippen LogP contribution >= 0.6 is 0 Å². The van der Waals surface area contributed by atoms with E-state index in [1.165, 1.54) is 88.3 Å². The van der Waals surface area contributed by atoms with Crippen LogP contribution in [0.1, 0.15) is 90.4 Å². The van der Waals surface area contributed by atoms with Crippen LogP contribution in [0.4, 0.5) is 0 Å². The molecule has 118 heavy (non-hydrogen) atoms. The highest BCUT2D eigenvalue weighted by Crippen LogP contribution is 2.61. The van der Waals surface area contributed by atoms with E-state index in [0.717, 1.165) is 115 Å². The van der Waals surface area contributed by atoms with Crippen molar-refractivity contribution in [2.75, 3.05) is 0 Å². The van der Waals surface area contributed by atoms with E-state index in [1.54, 1.807) is 0 Å². The molecule has 0 amide bonds. The van der Waals surface area contributed by atoms with Crippen molar-refractivity contribution in [2.24, 2.45) is 0 Å². The van der Waals surface area contributed by atoms with Crippen molar-refractivity contribution in [1.29, 1.82) is 0 Å². The van der Waals surface area contributed by atoms with Crippen molar-refractivity contribution in [3.05, 3.63) is 425 Å². The number of rotatable bonds is 6. The molecule has 30 rings (SSSR count). The minimum atomic E-state index is 0.115. The summed E-state index contributed by atoms with van der Waals surface area (Å²) in [6, 6.07) is 129. The van der Waals surface area contributed by atoms with Gasteiger partial charge in [0.15, 0.2) is 5.82 Å². The van der Waals surface area contributed by atoms with Crippen LogP contribution in [0.2, 0.25) is 0 Å². The first-order valence-electron chi connectivity index (χ1n) is 40.5.